The number of carbonyl (C=O) groups is 3. The molecule has 0 aliphatic carbocycles. The summed E-state index contributed by atoms with van der Waals surface area (Å²) in [5.74, 6) is -0.681. The van der Waals surface area contributed by atoms with Crippen LogP contribution in [0.3, 0.4) is 0 Å². The highest BCUT2D eigenvalue weighted by atomic mass is 16.5. The molecule has 6 rings (SSSR count). The average molecular weight is 710 g/mol. The molecule has 2 aliphatic rings. The van der Waals surface area contributed by atoms with Crippen LogP contribution in [-0.4, -0.2) is 76.6 Å². The van der Waals surface area contributed by atoms with Crippen molar-refractivity contribution in [1.82, 2.24) is 4.90 Å². The zero-order valence-electron chi connectivity index (χ0n) is 30.8. The van der Waals surface area contributed by atoms with Crippen LogP contribution < -0.4 is 10.2 Å². The van der Waals surface area contributed by atoms with Crippen LogP contribution in [0, 0.1) is 13.8 Å². The molecule has 4 aromatic rings. The number of aryl methyl sites for hydroxylation is 2. The summed E-state index contributed by atoms with van der Waals surface area (Å²) in [5, 5.41) is 3.35. The molecular formula is C42H51N3O7. The first-order chi connectivity index (χ1) is 25.3. The number of rotatable bonds is 8. The number of amides is 2. The smallest absolute Gasteiger partial charge is 0.337 e. The summed E-state index contributed by atoms with van der Waals surface area (Å²) >= 11 is 0. The molecular weight excluding hydrogens is 658 g/mol. The molecule has 0 saturated carbocycles. The topological polar surface area (TPSA) is 107 Å². The first-order valence-corrected chi connectivity index (χ1v) is 17.7. The molecule has 2 aliphatic heterocycles. The summed E-state index contributed by atoms with van der Waals surface area (Å²) < 4.78 is 19.8. The molecule has 2 amide bonds. The summed E-state index contributed by atoms with van der Waals surface area (Å²) in [6.45, 7) is 9.50. The lowest BCUT2D eigenvalue weighted by molar-refractivity contribution is 0.0548. The second-order valence-corrected chi connectivity index (χ2v) is 12.6. The van der Waals surface area contributed by atoms with Gasteiger partial charge in [-0.2, -0.15) is 0 Å². The Kier molecular flexibility index (Phi) is 16.2. The number of esters is 2. The maximum atomic E-state index is 13.2. The highest BCUT2D eigenvalue weighted by Crippen LogP contribution is 2.22. The molecule has 10 nitrogen and oxygen atoms in total. The second-order valence-electron chi connectivity index (χ2n) is 12.6. The molecule has 2 heterocycles. The first kappa shape index (κ1) is 39.6. The van der Waals surface area contributed by atoms with Crippen molar-refractivity contribution in [2.45, 2.75) is 46.2 Å². The van der Waals surface area contributed by atoms with Crippen LogP contribution in [0.5, 0.6) is 0 Å². The number of hydrogen-bond acceptors (Lipinski definition) is 8. The van der Waals surface area contributed by atoms with Crippen LogP contribution in [0.1, 0.15) is 62.2 Å². The number of nitrogens with one attached hydrogen (secondary N) is 1. The van der Waals surface area contributed by atoms with E-state index in [0.717, 1.165) is 47.8 Å². The van der Waals surface area contributed by atoms with E-state index in [2.05, 4.69) is 29.1 Å². The Bertz CT molecular complexity index is 1690. The average Bonchev–Trinajstić information content (AvgIpc) is 3.20. The number of ether oxygens (including phenoxy) is 4. The Balaban J connectivity index is 0.000000209. The van der Waals surface area contributed by atoms with Crippen LogP contribution in [0.15, 0.2) is 97.1 Å². The van der Waals surface area contributed by atoms with E-state index >= 15 is 0 Å². The third-order valence-electron chi connectivity index (χ3n) is 8.51. The summed E-state index contributed by atoms with van der Waals surface area (Å²) in [6, 6.07) is 30.6. The molecule has 2 fully saturated rings. The van der Waals surface area contributed by atoms with E-state index in [1.165, 1.54) is 39.0 Å². The Morgan fingerprint density at radius 1 is 0.673 bits per heavy atom. The molecule has 10 heteroatoms. The third-order valence-corrected chi connectivity index (χ3v) is 8.51. The molecule has 2 saturated heterocycles. The zero-order valence-corrected chi connectivity index (χ0v) is 30.8. The number of nitrogens with zero attached hydrogens (tertiary/aromatic N) is 2. The van der Waals surface area contributed by atoms with Gasteiger partial charge in [0.2, 0.25) is 0 Å². The number of methoxy groups -OCH3 is 2. The fraction of sp³-hybridized carbons (Fsp3) is 0.357. The van der Waals surface area contributed by atoms with E-state index in [9.17, 15) is 14.4 Å². The highest BCUT2D eigenvalue weighted by molar-refractivity contribution is 5.92. The Morgan fingerprint density at radius 2 is 1.21 bits per heavy atom. The van der Waals surface area contributed by atoms with Gasteiger partial charge in [0.15, 0.2) is 0 Å². The predicted octanol–water partition coefficient (Wildman–Crippen LogP) is 7.82. The lowest BCUT2D eigenvalue weighted by Gasteiger charge is -2.33. The number of benzene rings is 4. The maximum absolute atomic E-state index is 13.2. The second kappa shape index (κ2) is 21.2. The van der Waals surface area contributed by atoms with Gasteiger partial charge in [0.25, 0.3) is 0 Å². The monoisotopic (exact) mass is 709 g/mol. The minimum atomic E-state index is -0.374. The molecule has 1 N–H and O–H groups in total. The van der Waals surface area contributed by atoms with Crippen molar-refractivity contribution in [3.05, 3.63) is 130 Å². The normalized spacial score (nSPS) is 13.7. The van der Waals surface area contributed by atoms with Crippen LogP contribution in [0.25, 0.3) is 0 Å². The number of carbonyl (C=O) groups excluding carboxylic acids is 3. The van der Waals surface area contributed by atoms with Crippen molar-refractivity contribution in [2.75, 3.05) is 64.0 Å². The van der Waals surface area contributed by atoms with Gasteiger partial charge < -0.3 is 29.2 Å². The molecule has 276 valence electrons. The molecule has 52 heavy (non-hydrogen) atoms. The number of anilines is 2. The Morgan fingerprint density at radius 3 is 1.71 bits per heavy atom. The largest absolute Gasteiger partial charge is 0.465 e. The molecule has 0 bridgehead atoms. The third kappa shape index (κ3) is 12.9. The molecule has 0 atom stereocenters. The van der Waals surface area contributed by atoms with Gasteiger partial charge in [-0.15, -0.1) is 0 Å². The van der Waals surface area contributed by atoms with E-state index in [1.807, 2.05) is 72.5 Å². The van der Waals surface area contributed by atoms with Crippen LogP contribution in [0.2, 0.25) is 0 Å². The molecule has 0 spiro atoms. The predicted molar refractivity (Wildman–Crippen MR) is 204 cm³/mol. The summed E-state index contributed by atoms with van der Waals surface area (Å²) in [6.07, 6.45) is 3.93. The summed E-state index contributed by atoms with van der Waals surface area (Å²) in [5.41, 5.74) is 7.38. The van der Waals surface area contributed by atoms with Crippen LogP contribution in [-0.2, 0) is 32.0 Å². The van der Waals surface area contributed by atoms with Gasteiger partial charge in [0.1, 0.15) is 0 Å². The minimum Gasteiger partial charge on any atom is -0.465 e. The summed E-state index contributed by atoms with van der Waals surface area (Å²) in [7, 11) is 2.74. The minimum absolute atomic E-state index is 0.0408. The van der Waals surface area contributed by atoms with Crippen molar-refractivity contribution in [1.29, 1.82) is 0 Å². The molecule has 0 unspecified atom stereocenters. The standard InChI is InChI=1S/C21H24N2O4.C16H17NO2.C5H10O/c1-16-4-3-5-19(14-16)23(21(25)22-10-12-27-13-11-22)15-17-6-8-18(9-7-17)20(24)26-2;1-12-4-3-5-15(10-12)17-11-13-6-8-14(9-7-13)16(18)19-2;1-2-4-6-5-3-1/h3-9,14H,10-13,15H2,1-2H3;3-10,17H,11H2,1-2H3;1-5H2. The highest BCUT2D eigenvalue weighted by Gasteiger charge is 2.24. The van der Waals surface area contributed by atoms with Gasteiger partial charge in [-0.25, -0.2) is 14.4 Å². The number of hydrogen-bond donors (Lipinski definition) is 1. The van der Waals surface area contributed by atoms with Crippen LogP contribution >= 0.6 is 0 Å². The fourth-order valence-corrected chi connectivity index (χ4v) is 5.56. The van der Waals surface area contributed by atoms with Crippen molar-refractivity contribution >= 4 is 29.3 Å². The van der Waals surface area contributed by atoms with Gasteiger partial charge in [-0.05, 0) is 104 Å². The molecule has 0 aromatic heterocycles. The van der Waals surface area contributed by atoms with Crippen LogP contribution in [0.4, 0.5) is 16.2 Å². The van der Waals surface area contributed by atoms with E-state index in [-0.39, 0.29) is 18.0 Å². The van der Waals surface area contributed by atoms with Crippen molar-refractivity contribution in [2.24, 2.45) is 0 Å². The zero-order chi connectivity index (χ0) is 37.1. The van der Waals surface area contributed by atoms with E-state index in [4.69, 9.17) is 14.2 Å². The fourth-order valence-electron chi connectivity index (χ4n) is 5.56. The van der Waals surface area contributed by atoms with Crippen molar-refractivity contribution in [3.63, 3.8) is 0 Å². The molecule has 0 radical (unpaired) electrons. The Labute approximate surface area is 307 Å². The maximum Gasteiger partial charge on any atom is 0.337 e. The summed E-state index contributed by atoms with van der Waals surface area (Å²) in [4.78, 5) is 39.7. The van der Waals surface area contributed by atoms with Gasteiger partial charge in [0, 0.05) is 44.2 Å². The lowest BCUT2D eigenvalue weighted by Crippen LogP contribution is -2.48. The van der Waals surface area contributed by atoms with E-state index in [1.54, 1.807) is 29.2 Å². The van der Waals surface area contributed by atoms with Crippen molar-refractivity contribution < 1.29 is 33.3 Å². The van der Waals surface area contributed by atoms with Gasteiger partial charge in [-0.3, -0.25) is 4.90 Å². The SMILES string of the molecule is C1CCOCC1.COC(=O)c1ccc(CN(C(=O)N2CCOCC2)c2cccc(C)c2)cc1.COC(=O)c1ccc(CNc2cccc(C)c2)cc1. The van der Waals surface area contributed by atoms with Gasteiger partial charge in [-0.1, -0.05) is 48.5 Å². The molecule has 4 aromatic carbocycles. The quantitative estimate of drug-likeness (QED) is 0.185. The van der Waals surface area contributed by atoms with Gasteiger partial charge in [0.05, 0.1) is 45.1 Å². The Hall–Kier alpha value is -5.19. The lowest BCUT2D eigenvalue weighted by atomic mass is 10.1. The van der Waals surface area contributed by atoms with Gasteiger partial charge >= 0.3 is 18.0 Å². The number of morpholine rings is 1. The van der Waals surface area contributed by atoms with E-state index < -0.39 is 0 Å². The van der Waals surface area contributed by atoms with E-state index in [0.29, 0.717) is 44.0 Å². The first-order valence-electron chi connectivity index (χ1n) is 17.7. The number of urea groups is 1. The van der Waals surface area contributed by atoms with Crippen molar-refractivity contribution in [3.8, 4) is 0 Å².